The van der Waals surface area contributed by atoms with Gasteiger partial charge in [-0.15, -0.1) is 0 Å². The third kappa shape index (κ3) is 3.97. The second kappa shape index (κ2) is 8.50. The molecule has 0 saturated heterocycles. The second-order valence-electron chi connectivity index (χ2n) is 8.13. The van der Waals surface area contributed by atoms with Gasteiger partial charge in [0.1, 0.15) is 5.75 Å². The van der Waals surface area contributed by atoms with E-state index in [2.05, 4.69) is 15.0 Å². The average molecular weight is 447 g/mol. The molecule has 4 rings (SSSR count). The number of esters is 1. The van der Waals surface area contributed by atoms with Crippen LogP contribution in [0.3, 0.4) is 0 Å². The van der Waals surface area contributed by atoms with Crippen LogP contribution in [0.2, 0.25) is 0 Å². The standard InChI is InChI=1S/C24H25N5O4/c1-13(2)20-22-18(28(4)24(31)29(22)5)10-19(27-20)33-16-7-8-17(25-12-16)15-9-14(3)21(26-11-15)23(30)32-6/h7-13H,1-6H3. The Bertz CT molecular complexity index is 1420. The number of nitrogens with zero attached hydrogens (tertiary/aromatic N) is 5. The molecule has 0 atom stereocenters. The van der Waals surface area contributed by atoms with Gasteiger partial charge >= 0.3 is 11.7 Å². The summed E-state index contributed by atoms with van der Waals surface area (Å²) in [6, 6.07) is 7.19. The van der Waals surface area contributed by atoms with Crippen LogP contribution in [0.5, 0.6) is 11.6 Å². The van der Waals surface area contributed by atoms with Crippen LogP contribution in [0.25, 0.3) is 22.3 Å². The maximum Gasteiger partial charge on any atom is 0.356 e. The SMILES string of the molecule is COC(=O)c1ncc(-c2ccc(Oc3cc4c(c(C(C)C)n3)n(C)c(=O)n4C)cn2)cc1C. The number of aromatic nitrogens is 5. The highest BCUT2D eigenvalue weighted by molar-refractivity contribution is 5.89. The molecule has 0 aliphatic rings. The monoisotopic (exact) mass is 447 g/mol. The summed E-state index contributed by atoms with van der Waals surface area (Å²) in [5.74, 6) is 0.532. The van der Waals surface area contributed by atoms with Gasteiger partial charge in [-0.1, -0.05) is 13.8 Å². The number of imidazole rings is 1. The highest BCUT2D eigenvalue weighted by Gasteiger charge is 2.18. The lowest BCUT2D eigenvalue weighted by atomic mass is 10.1. The zero-order valence-corrected chi connectivity index (χ0v) is 19.4. The largest absolute Gasteiger partial charge is 0.464 e. The Kier molecular flexibility index (Phi) is 5.71. The van der Waals surface area contributed by atoms with Crippen molar-refractivity contribution >= 4 is 17.0 Å². The van der Waals surface area contributed by atoms with Crippen LogP contribution in [0.4, 0.5) is 0 Å². The molecule has 0 radical (unpaired) electrons. The van der Waals surface area contributed by atoms with Crippen molar-refractivity contribution in [1.82, 2.24) is 24.1 Å². The van der Waals surface area contributed by atoms with Crippen LogP contribution in [0, 0.1) is 6.92 Å². The van der Waals surface area contributed by atoms with Gasteiger partial charge in [-0.05, 0) is 36.6 Å². The summed E-state index contributed by atoms with van der Waals surface area (Å²) in [6.07, 6.45) is 3.19. The molecule has 0 bridgehead atoms. The number of pyridine rings is 3. The second-order valence-corrected chi connectivity index (χ2v) is 8.13. The zero-order chi connectivity index (χ0) is 23.9. The van der Waals surface area contributed by atoms with E-state index in [0.29, 0.717) is 22.9 Å². The third-order valence-electron chi connectivity index (χ3n) is 5.51. The van der Waals surface area contributed by atoms with Crippen molar-refractivity contribution in [2.75, 3.05) is 7.11 Å². The smallest absolute Gasteiger partial charge is 0.356 e. The first-order valence-electron chi connectivity index (χ1n) is 10.5. The predicted molar refractivity (Wildman–Crippen MR) is 124 cm³/mol. The number of carbonyl (C=O) groups excluding carboxylic acids is 1. The molecule has 4 heterocycles. The number of aryl methyl sites for hydroxylation is 3. The Balaban J connectivity index is 1.65. The quantitative estimate of drug-likeness (QED) is 0.430. The van der Waals surface area contributed by atoms with Crippen molar-refractivity contribution in [3.05, 3.63) is 64.1 Å². The van der Waals surface area contributed by atoms with Crippen molar-refractivity contribution in [2.45, 2.75) is 26.7 Å². The summed E-state index contributed by atoms with van der Waals surface area (Å²) in [7, 11) is 4.80. The molecule has 4 aromatic heterocycles. The number of fused-ring (bicyclic) bond motifs is 1. The maximum atomic E-state index is 12.4. The summed E-state index contributed by atoms with van der Waals surface area (Å²) >= 11 is 0. The Labute approximate surface area is 190 Å². The van der Waals surface area contributed by atoms with Crippen LogP contribution >= 0.6 is 0 Å². The van der Waals surface area contributed by atoms with E-state index >= 15 is 0 Å². The first-order chi connectivity index (χ1) is 15.7. The van der Waals surface area contributed by atoms with E-state index in [4.69, 9.17) is 9.47 Å². The molecule has 0 unspecified atom stereocenters. The van der Waals surface area contributed by atoms with E-state index in [9.17, 15) is 9.59 Å². The number of hydrogen-bond acceptors (Lipinski definition) is 7. The first-order valence-corrected chi connectivity index (χ1v) is 10.5. The van der Waals surface area contributed by atoms with Crippen LogP contribution in [0.1, 0.15) is 41.5 Å². The lowest BCUT2D eigenvalue weighted by molar-refractivity contribution is 0.0593. The van der Waals surface area contributed by atoms with Gasteiger partial charge in [0.2, 0.25) is 5.88 Å². The highest BCUT2D eigenvalue weighted by atomic mass is 16.5. The molecule has 9 nitrogen and oxygen atoms in total. The van der Waals surface area contributed by atoms with E-state index in [1.807, 2.05) is 26.0 Å². The molecule has 0 fully saturated rings. The van der Waals surface area contributed by atoms with Crippen molar-refractivity contribution in [3.8, 4) is 22.9 Å². The highest BCUT2D eigenvalue weighted by Crippen LogP contribution is 2.29. The minimum atomic E-state index is -0.475. The van der Waals surface area contributed by atoms with Crippen molar-refractivity contribution in [3.63, 3.8) is 0 Å². The molecule has 0 N–H and O–H groups in total. The van der Waals surface area contributed by atoms with Gasteiger partial charge in [0, 0.05) is 31.9 Å². The van der Waals surface area contributed by atoms with Crippen molar-refractivity contribution in [2.24, 2.45) is 14.1 Å². The molecule has 0 aliphatic carbocycles. The van der Waals surface area contributed by atoms with Gasteiger partial charge in [0.15, 0.2) is 5.69 Å². The number of ether oxygens (including phenoxy) is 2. The van der Waals surface area contributed by atoms with Crippen molar-refractivity contribution < 1.29 is 14.3 Å². The maximum absolute atomic E-state index is 12.4. The summed E-state index contributed by atoms with van der Waals surface area (Å²) in [4.78, 5) is 37.5. The Hall–Kier alpha value is -4.01. The topological polar surface area (TPSA) is 101 Å². The molecule has 33 heavy (non-hydrogen) atoms. The van der Waals surface area contributed by atoms with Crippen LogP contribution in [0.15, 0.2) is 41.5 Å². The Morgan fingerprint density at radius 1 is 1.06 bits per heavy atom. The van der Waals surface area contributed by atoms with E-state index in [1.54, 1.807) is 54.7 Å². The van der Waals surface area contributed by atoms with Gasteiger partial charge in [0.25, 0.3) is 0 Å². The fourth-order valence-electron chi connectivity index (χ4n) is 3.76. The zero-order valence-electron chi connectivity index (χ0n) is 19.4. The van der Waals surface area contributed by atoms with Gasteiger partial charge in [0.05, 0.1) is 35.7 Å². The lowest BCUT2D eigenvalue weighted by Gasteiger charge is -2.12. The molecule has 0 spiro atoms. The Morgan fingerprint density at radius 2 is 1.82 bits per heavy atom. The van der Waals surface area contributed by atoms with E-state index in [1.165, 1.54) is 7.11 Å². The van der Waals surface area contributed by atoms with Gasteiger partial charge in [-0.25, -0.2) is 19.6 Å². The predicted octanol–water partition coefficient (Wildman–Crippen LogP) is 3.74. The minimum absolute atomic E-state index is 0.105. The van der Waals surface area contributed by atoms with Crippen LogP contribution < -0.4 is 10.4 Å². The fourth-order valence-corrected chi connectivity index (χ4v) is 3.76. The molecule has 0 amide bonds. The first kappa shape index (κ1) is 22.2. The molecule has 0 aromatic carbocycles. The molecular formula is C24H25N5O4. The number of carbonyl (C=O) groups is 1. The molecule has 9 heteroatoms. The number of hydrogen-bond donors (Lipinski definition) is 0. The van der Waals surface area contributed by atoms with E-state index in [0.717, 1.165) is 22.3 Å². The van der Waals surface area contributed by atoms with Crippen LogP contribution in [-0.2, 0) is 18.8 Å². The summed E-state index contributed by atoms with van der Waals surface area (Å²) in [5.41, 5.74) is 4.68. The summed E-state index contributed by atoms with van der Waals surface area (Å²) in [6.45, 7) is 5.85. The van der Waals surface area contributed by atoms with Gasteiger partial charge in [-0.3, -0.25) is 14.1 Å². The van der Waals surface area contributed by atoms with Crippen molar-refractivity contribution in [1.29, 1.82) is 0 Å². The minimum Gasteiger partial charge on any atom is -0.464 e. The lowest BCUT2D eigenvalue weighted by Crippen LogP contribution is -2.19. The van der Waals surface area contributed by atoms with Crippen LogP contribution in [-0.4, -0.2) is 37.2 Å². The Morgan fingerprint density at radius 3 is 2.42 bits per heavy atom. The molecule has 0 aliphatic heterocycles. The van der Waals surface area contributed by atoms with Gasteiger partial charge in [-0.2, -0.15) is 0 Å². The molecule has 4 aromatic rings. The summed E-state index contributed by atoms with van der Waals surface area (Å²) in [5, 5.41) is 0. The summed E-state index contributed by atoms with van der Waals surface area (Å²) < 4.78 is 13.9. The normalized spacial score (nSPS) is 11.2. The number of methoxy groups -OCH3 is 1. The van der Waals surface area contributed by atoms with E-state index < -0.39 is 5.97 Å². The third-order valence-corrected chi connectivity index (χ3v) is 5.51. The fraction of sp³-hybridized carbons (Fsp3) is 0.292. The molecule has 170 valence electrons. The van der Waals surface area contributed by atoms with Gasteiger partial charge < -0.3 is 9.47 Å². The number of rotatable bonds is 5. The molecular weight excluding hydrogens is 422 g/mol. The van der Waals surface area contributed by atoms with E-state index in [-0.39, 0.29) is 17.3 Å². The average Bonchev–Trinajstić information content (AvgIpc) is 3.02. The molecule has 0 saturated carbocycles.